The van der Waals surface area contributed by atoms with Crippen LogP contribution in [0.1, 0.15) is 6.92 Å². The number of hydrogen-bond donors (Lipinski definition) is 1. The van der Waals surface area contributed by atoms with Crippen molar-refractivity contribution in [1.29, 1.82) is 0 Å². The smallest absolute Gasteiger partial charge is 0.237 e. The van der Waals surface area contributed by atoms with E-state index in [1.165, 1.54) is 11.8 Å². The van der Waals surface area contributed by atoms with Gasteiger partial charge in [-0.3, -0.25) is 4.79 Å². The Bertz CT molecular complexity index is 586. The van der Waals surface area contributed by atoms with Crippen LogP contribution in [0.25, 0.3) is 0 Å². The van der Waals surface area contributed by atoms with Gasteiger partial charge in [0.25, 0.3) is 0 Å². The number of nitrogens with one attached hydrogen (secondary N) is 1. The third-order valence-electron chi connectivity index (χ3n) is 2.61. The van der Waals surface area contributed by atoms with E-state index in [-0.39, 0.29) is 11.2 Å². The lowest BCUT2D eigenvalue weighted by molar-refractivity contribution is -0.115. The third-order valence-corrected chi connectivity index (χ3v) is 4.50. The van der Waals surface area contributed by atoms with E-state index in [0.717, 1.165) is 15.1 Å². The highest BCUT2D eigenvalue weighted by Gasteiger charge is 2.14. The zero-order valence-corrected chi connectivity index (χ0v) is 13.9. The van der Waals surface area contributed by atoms with Gasteiger partial charge in [0.15, 0.2) is 0 Å². The van der Waals surface area contributed by atoms with Crippen LogP contribution in [0.4, 0.5) is 5.69 Å². The highest BCUT2D eigenvalue weighted by Crippen LogP contribution is 2.25. The number of anilines is 1. The van der Waals surface area contributed by atoms with E-state index in [4.69, 9.17) is 11.6 Å². The van der Waals surface area contributed by atoms with E-state index in [9.17, 15) is 4.79 Å². The van der Waals surface area contributed by atoms with Crippen molar-refractivity contribution in [2.45, 2.75) is 17.1 Å². The number of benzene rings is 2. The van der Waals surface area contributed by atoms with Crippen LogP contribution in [0.2, 0.25) is 5.02 Å². The maximum absolute atomic E-state index is 12.1. The van der Waals surface area contributed by atoms with E-state index in [1.807, 2.05) is 55.5 Å². The van der Waals surface area contributed by atoms with Crippen LogP contribution < -0.4 is 5.32 Å². The number of carbonyl (C=O) groups is 1. The van der Waals surface area contributed by atoms with Gasteiger partial charge < -0.3 is 5.32 Å². The van der Waals surface area contributed by atoms with Crippen LogP contribution in [0.15, 0.2) is 57.9 Å². The number of thioether (sulfide) groups is 1. The molecule has 1 atom stereocenters. The van der Waals surface area contributed by atoms with E-state index >= 15 is 0 Å². The maximum atomic E-state index is 12.1. The first-order chi connectivity index (χ1) is 9.54. The first kappa shape index (κ1) is 15.4. The summed E-state index contributed by atoms with van der Waals surface area (Å²) in [6.07, 6.45) is 0. The summed E-state index contributed by atoms with van der Waals surface area (Å²) in [5.74, 6) is -0.0210. The largest absolute Gasteiger partial charge is 0.325 e. The summed E-state index contributed by atoms with van der Waals surface area (Å²) in [4.78, 5) is 13.1. The summed E-state index contributed by atoms with van der Waals surface area (Å²) in [6, 6.07) is 15.0. The fraction of sp³-hybridized carbons (Fsp3) is 0.133. The summed E-state index contributed by atoms with van der Waals surface area (Å²) in [6.45, 7) is 1.88. The van der Waals surface area contributed by atoms with Crippen molar-refractivity contribution in [3.8, 4) is 0 Å². The molecule has 0 aliphatic carbocycles. The molecule has 0 bridgehead atoms. The monoisotopic (exact) mass is 369 g/mol. The molecule has 0 aromatic heterocycles. The van der Waals surface area contributed by atoms with Crippen molar-refractivity contribution in [2.75, 3.05) is 5.32 Å². The molecule has 0 heterocycles. The molecule has 0 fully saturated rings. The summed E-state index contributed by atoms with van der Waals surface area (Å²) >= 11 is 10.7. The predicted molar refractivity (Wildman–Crippen MR) is 89.5 cm³/mol. The minimum atomic E-state index is -0.181. The average molecular weight is 371 g/mol. The van der Waals surface area contributed by atoms with Gasteiger partial charge in [-0.05, 0) is 55.5 Å². The fourth-order valence-corrected chi connectivity index (χ4v) is 2.81. The van der Waals surface area contributed by atoms with Gasteiger partial charge >= 0.3 is 0 Å². The Morgan fingerprint density at radius 1 is 1.15 bits per heavy atom. The molecule has 1 N–H and O–H groups in total. The lowest BCUT2D eigenvalue weighted by Gasteiger charge is -2.12. The Hall–Kier alpha value is -0.970. The zero-order chi connectivity index (χ0) is 14.5. The first-order valence-corrected chi connectivity index (χ1v) is 8.08. The molecule has 0 saturated heterocycles. The molecule has 0 aliphatic heterocycles. The fourth-order valence-electron chi connectivity index (χ4n) is 1.55. The molecular weight excluding hydrogens is 358 g/mol. The molecule has 0 saturated carbocycles. The van der Waals surface area contributed by atoms with Gasteiger partial charge in [0.05, 0.1) is 5.25 Å². The van der Waals surface area contributed by atoms with Gasteiger partial charge in [0.2, 0.25) is 5.91 Å². The molecule has 5 heteroatoms. The van der Waals surface area contributed by atoms with Crippen LogP contribution in [-0.4, -0.2) is 11.2 Å². The standard InChI is InChI=1S/C15H13BrClNOS/c1-10(20-14-8-4-12(17)5-9-14)15(19)18-13-6-2-11(16)3-7-13/h2-10H,1H3,(H,18,19)/t10-/m0/s1. The number of hydrogen-bond acceptors (Lipinski definition) is 2. The normalized spacial score (nSPS) is 11.9. The second-order valence-corrected chi connectivity index (χ2v) is 6.98. The summed E-state index contributed by atoms with van der Waals surface area (Å²) in [5, 5.41) is 3.41. The van der Waals surface area contributed by atoms with E-state index in [0.29, 0.717) is 5.02 Å². The molecule has 0 spiro atoms. The Labute approximate surface area is 136 Å². The Kier molecular flexibility index (Phi) is 5.52. The highest BCUT2D eigenvalue weighted by molar-refractivity contribution is 9.10. The molecule has 2 nitrogen and oxygen atoms in total. The Balaban J connectivity index is 1.94. The van der Waals surface area contributed by atoms with Gasteiger partial charge in [-0.15, -0.1) is 11.8 Å². The van der Waals surface area contributed by atoms with Crippen LogP contribution in [0, 0.1) is 0 Å². The number of halogens is 2. The van der Waals surface area contributed by atoms with Crippen LogP contribution in [0.3, 0.4) is 0 Å². The van der Waals surface area contributed by atoms with Gasteiger partial charge in [-0.25, -0.2) is 0 Å². The molecule has 0 unspecified atom stereocenters. The van der Waals surface area contributed by atoms with Crippen molar-refractivity contribution in [1.82, 2.24) is 0 Å². The molecule has 0 radical (unpaired) electrons. The molecule has 0 aliphatic rings. The first-order valence-electron chi connectivity index (χ1n) is 6.03. The van der Waals surface area contributed by atoms with E-state index < -0.39 is 0 Å². The summed E-state index contributed by atoms with van der Waals surface area (Å²) < 4.78 is 0.985. The minimum absolute atomic E-state index is 0.0210. The summed E-state index contributed by atoms with van der Waals surface area (Å²) in [7, 11) is 0. The minimum Gasteiger partial charge on any atom is -0.325 e. The average Bonchev–Trinajstić information content (AvgIpc) is 2.44. The van der Waals surface area contributed by atoms with Crippen molar-refractivity contribution in [2.24, 2.45) is 0 Å². The van der Waals surface area contributed by atoms with Gasteiger partial charge in [0.1, 0.15) is 0 Å². The lowest BCUT2D eigenvalue weighted by atomic mass is 10.3. The van der Waals surface area contributed by atoms with Gasteiger partial charge in [-0.2, -0.15) is 0 Å². The SMILES string of the molecule is C[C@H](Sc1ccc(Cl)cc1)C(=O)Nc1ccc(Br)cc1. The third kappa shape index (κ3) is 4.54. The number of carbonyl (C=O) groups excluding carboxylic acids is 1. The molecular formula is C15H13BrClNOS. The van der Waals surface area contributed by atoms with E-state index in [2.05, 4.69) is 21.2 Å². The second-order valence-electron chi connectivity index (χ2n) is 4.21. The predicted octanol–water partition coefficient (Wildman–Crippen LogP) is 5.22. The maximum Gasteiger partial charge on any atom is 0.237 e. The Morgan fingerprint density at radius 3 is 2.35 bits per heavy atom. The van der Waals surface area contributed by atoms with Crippen molar-refractivity contribution < 1.29 is 4.79 Å². The quantitative estimate of drug-likeness (QED) is 0.747. The molecule has 1 amide bonds. The van der Waals surface area contributed by atoms with Crippen molar-refractivity contribution in [3.63, 3.8) is 0 Å². The van der Waals surface area contributed by atoms with Crippen molar-refractivity contribution in [3.05, 3.63) is 58.0 Å². The van der Waals surface area contributed by atoms with Crippen LogP contribution >= 0.6 is 39.3 Å². The second kappa shape index (κ2) is 7.16. The van der Waals surface area contributed by atoms with Crippen molar-refractivity contribution >= 4 is 50.9 Å². The Morgan fingerprint density at radius 2 is 1.75 bits per heavy atom. The van der Waals surface area contributed by atoms with Gasteiger partial charge in [-0.1, -0.05) is 27.5 Å². The topological polar surface area (TPSA) is 29.1 Å². The van der Waals surface area contributed by atoms with Crippen LogP contribution in [-0.2, 0) is 4.79 Å². The summed E-state index contributed by atoms with van der Waals surface area (Å²) in [5.41, 5.74) is 0.793. The zero-order valence-electron chi connectivity index (χ0n) is 10.8. The molecule has 2 aromatic rings. The molecule has 2 rings (SSSR count). The molecule has 20 heavy (non-hydrogen) atoms. The molecule has 2 aromatic carbocycles. The van der Waals surface area contributed by atoms with Gasteiger partial charge in [0, 0.05) is 20.1 Å². The van der Waals surface area contributed by atoms with E-state index in [1.54, 1.807) is 0 Å². The van der Waals surface area contributed by atoms with Crippen LogP contribution in [0.5, 0.6) is 0 Å². The highest BCUT2D eigenvalue weighted by atomic mass is 79.9. The lowest BCUT2D eigenvalue weighted by Crippen LogP contribution is -2.22. The number of amides is 1. The molecule has 104 valence electrons. The number of rotatable bonds is 4.